The number of nitrogens with one attached hydrogen (secondary N) is 1. The number of aromatic nitrogens is 4. The number of hydrogen-bond donors (Lipinski definition) is 4. The van der Waals surface area contributed by atoms with Crippen LogP contribution in [-0.4, -0.2) is 82.5 Å². The normalized spacial score (nSPS) is 25.4. The number of aliphatic hydroxyl groups excluding tert-OH is 3. The van der Waals surface area contributed by atoms with E-state index in [4.69, 9.17) is 18.6 Å². The van der Waals surface area contributed by atoms with E-state index in [-0.39, 0.29) is 22.3 Å². The number of fused-ring (bicyclic) bond motifs is 3. The molecule has 4 N–H and O–H groups in total. The van der Waals surface area contributed by atoms with Crippen LogP contribution in [0.4, 0.5) is 5.82 Å². The Morgan fingerprint density at radius 1 is 0.836 bits per heavy atom. The Bertz CT molecular complexity index is 2370. The molecule has 3 heterocycles. The van der Waals surface area contributed by atoms with Crippen molar-refractivity contribution < 1.29 is 28.9 Å². The van der Waals surface area contributed by atoms with E-state index in [1.165, 1.54) is 6.33 Å². The summed E-state index contributed by atoms with van der Waals surface area (Å²) in [6, 6.07) is 15.6. The van der Waals surface area contributed by atoms with Crippen molar-refractivity contribution in [3.63, 3.8) is 0 Å². The summed E-state index contributed by atoms with van der Waals surface area (Å²) in [5.74, 6) is 0.401. The lowest BCUT2D eigenvalue weighted by Gasteiger charge is -2.40. The van der Waals surface area contributed by atoms with Gasteiger partial charge in [0.2, 0.25) is 0 Å². The predicted octanol–water partition coefficient (Wildman–Crippen LogP) is 8.35. The zero-order chi connectivity index (χ0) is 39.4. The molecule has 1 aliphatic carbocycles. The highest BCUT2D eigenvalue weighted by atomic mass is 28.4. The Balaban J connectivity index is 1.15. The lowest BCUT2D eigenvalue weighted by atomic mass is 9.77. The molecule has 1 saturated heterocycles. The Kier molecular flexibility index (Phi) is 9.25. The first-order valence-corrected chi connectivity index (χ1v) is 25.2. The number of benzene rings is 4. The van der Waals surface area contributed by atoms with Gasteiger partial charge in [-0.15, -0.1) is 0 Å². The van der Waals surface area contributed by atoms with Gasteiger partial charge in [0.25, 0.3) is 0 Å². The molecule has 7 atom stereocenters. The standard InChI is InChI=1S/C42H55N5O6Si2/c1-41(2,3)54(7,8)51-20-29-28(53-55(9,10)42(4,5)6)19-30(52-29)47-22-45-35-39(43-21-44-40(35)47)46-34-33-26-17-16-24-13-11-12-23-14-15-25(32(26)31(23)24)18-27(33)36(48)38(50)37(34)49/h11-18,21-22,28-30,34,36-38,48-50H,19-20H2,1-10H3,(H,43,44,46)/t28-,29+,30+,34+,36+,37+,38-/m0/s1. The molecular formula is C42H55N5O6Si2. The Morgan fingerprint density at radius 2 is 1.51 bits per heavy atom. The fourth-order valence-electron chi connectivity index (χ4n) is 7.87. The van der Waals surface area contributed by atoms with E-state index in [1.54, 1.807) is 6.33 Å². The Hall–Kier alpha value is -3.54. The number of nitrogens with zero attached hydrogens (tertiary/aromatic N) is 4. The van der Waals surface area contributed by atoms with E-state index >= 15 is 0 Å². The van der Waals surface area contributed by atoms with Crippen molar-refractivity contribution in [1.29, 1.82) is 0 Å². The van der Waals surface area contributed by atoms with Gasteiger partial charge in [0.05, 0.1) is 25.1 Å². The minimum absolute atomic E-state index is 0.0211. The molecule has 6 aromatic rings. The zero-order valence-corrected chi connectivity index (χ0v) is 35.6. The van der Waals surface area contributed by atoms with Crippen molar-refractivity contribution in [2.24, 2.45) is 0 Å². The second-order valence-corrected chi connectivity index (χ2v) is 28.2. The molecule has 0 unspecified atom stereocenters. The van der Waals surface area contributed by atoms with Crippen LogP contribution in [0.25, 0.3) is 43.5 Å². The third-order valence-corrected chi connectivity index (χ3v) is 22.2. The van der Waals surface area contributed by atoms with E-state index in [9.17, 15) is 15.3 Å². The number of hydrogen-bond acceptors (Lipinski definition) is 10. The lowest BCUT2D eigenvalue weighted by molar-refractivity contribution is -0.0766. The molecule has 1 aliphatic heterocycles. The minimum Gasteiger partial charge on any atom is -0.414 e. The van der Waals surface area contributed by atoms with Crippen molar-refractivity contribution in [3.05, 3.63) is 72.3 Å². The van der Waals surface area contributed by atoms with Crippen LogP contribution in [-0.2, 0) is 13.6 Å². The molecule has 0 saturated carbocycles. The van der Waals surface area contributed by atoms with Crippen LogP contribution in [0, 0.1) is 0 Å². The van der Waals surface area contributed by atoms with E-state index in [0.29, 0.717) is 35.6 Å². The summed E-state index contributed by atoms with van der Waals surface area (Å²) in [6.45, 7) is 23.0. The van der Waals surface area contributed by atoms with Gasteiger partial charge < -0.3 is 34.2 Å². The molecule has 1 fully saturated rings. The van der Waals surface area contributed by atoms with Crippen molar-refractivity contribution >= 4 is 65.9 Å². The second-order valence-electron chi connectivity index (χ2n) is 18.7. The van der Waals surface area contributed by atoms with E-state index < -0.39 is 47.2 Å². The maximum Gasteiger partial charge on any atom is 0.192 e. The minimum atomic E-state index is -2.16. The fraction of sp³-hybridized carbons (Fsp3) is 0.500. The maximum absolute atomic E-state index is 11.6. The van der Waals surface area contributed by atoms with Gasteiger partial charge in [-0.25, -0.2) is 15.0 Å². The summed E-state index contributed by atoms with van der Waals surface area (Å²) in [5.41, 5.74) is 2.36. The summed E-state index contributed by atoms with van der Waals surface area (Å²) < 4.78 is 22.5. The van der Waals surface area contributed by atoms with Crippen LogP contribution in [0.1, 0.15) is 77.5 Å². The summed E-state index contributed by atoms with van der Waals surface area (Å²) >= 11 is 0. The average Bonchev–Trinajstić information content (AvgIpc) is 3.73. The molecule has 4 aromatic carbocycles. The first-order valence-electron chi connectivity index (χ1n) is 19.4. The molecule has 0 bridgehead atoms. The zero-order valence-electron chi connectivity index (χ0n) is 33.6. The van der Waals surface area contributed by atoms with E-state index in [0.717, 1.165) is 37.9 Å². The highest BCUT2D eigenvalue weighted by Crippen LogP contribution is 2.47. The smallest absolute Gasteiger partial charge is 0.192 e. The van der Waals surface area contributed by atoms with Gasteiger partial charge in [-0.3, -0.25) is 4.57 Å². The third kappa shape index (κ3) is 6.36. The number of ether oxygens (including phenoxy) is 1. The summed E-state index contributed by atoms with van der Waals surface area (Å²) in [5, 5.41) is 44.0. The Morgan fingerprint density at radius 3 is 2.20 bits per heavy atom. The van der Waals surface area contributed by atoms with Crippen molar-refractivity contribution in [3.8, 4) is 0 Å². The third-order valence-electron chi connectivity index (χ3n) is 13.2. The van der Waals surface area contributed by atoms with E-state index in [2.05, 4.69) is 113 Å². The number of anilines is 1. The quantitative estimate of drug-likeness (QED) is 0.0879. The monoisotopic (exact) mass is 781 g/mol. The lowest BCUT2D eigenvalue weighted by Crippen LogP contribution is -2.48. The molecule has 2 aromatic heterocycles. The van der Waals surface area contributed by atoms with Crippen LogP contribution in [0.2, 0.25) is 36.3 Å². The first kappa shape index (κ1) is 38.3. The van der Waals surface area contributed by atoms with Gasteiger partial charge in [0, 0.05) is 6.42 Å². The predicted molar refractivity (Wildman–Crippen MR) is 223 cm³/mol. The molecule has 55 heavy (non-hydrogen) atoms. The second kappa shape index (κ2) is 13.3. The average molecular weight is 782 g/mol. The van der Waals surface area contributed by atoms with Gasteiger partial charge >= 0.3 is 0 Å². The maximum atomic E-state index is 11.6. The van der Waals surface area contributed by atoms with Crippen LogP contribution in [0.15, 0.2) is 61.2 Å². The first-order chi connectivity index (χ1) is 25.8. The molecule has 11 nitrogen and oxygen atoms in total. The van der Waals surface area contributed by atoms with Gasteiger partial charge in [0.1, 0.15) is 37.0 Å². The molecule has 0 amide bonds. The van der Waals surface area contributed by atoms with Crippen molar-refractivity contribution in [2.75, 3.05) is 11.9 Å². The van der Waals surface area contributed by atoms with Crippen LogP contribution in [0.3, 0.4) is 0 Å². The summed E-state index contributed by atoms with van der Waals surface area (Å²) in [7, 11) is -4.22. The topological polar surface area (TPSA) is 144 Å². The molecule has 0 radical (unpaired) electrons. The molecule has 0 spiro atoms. The summed E-state index contributed by atoms with van der Waals surface area (Å²) in [6.07, 6.45) is -1.09. The number of imidazole rings is 1. The number of rotatable bonds is 8. The van der Waals surface area contributed by atoms with E-state index in [1.807, 2.05) is 22.8 Å². The largest absolute Gasteiger partial charge is 0.414 e. The Labute approximate surface area is 324 Å². The molecule has 13 heteroatoms. The summed E-state index contributed by atoms with van der Waals surface area (Å²) in [4.78, 5) is 14.1. The molecule has 8 rings (SSSR count). The fourth-order valence-corrected chi connectivity index (χ4v) is 10.2. The van der Waals surface area contributed by atoms with Gasteiger partial charge in [0.15, 0.2) is 33.6 Å². The van der Waals surface area contributed by atoms with Crippen LogP contribution in [0.5, 0.6) is 0 Å². The van der Waals surface area contributed by atoms with Crippen molar-refractivity contribution in [1.82, 2.24) is 19.5 Å². The molecule has 292 valence electrons. The molecule has 2 aliphatic rings. The highest BCUT2D eigenvalue weighted by Gasteiger charge is 2.47. The molecular weight excluding hydrogens is 727 g/mol. The van der Waals surface area contributed by atoms with Crippen molar-refractivity contribution in [2.45, 2.75) is 127 Å². The highest BCUT2D eigenvalue weighted by molar-refractivity contribution is 6.74. The number of aliphatic hydroxyl groups is 3. The van der Waals surface area contributed by atoms with Gasteiger partial charge in [-0.2, -0.15) is 0 Å². The van der Waals surface area contributed by atoms with Crippen LogP contribution < -0.4 is 5.32 Å². The van der Waals surface area contributed by atoms with Gasteiger partial charge in [-0.05, 0) is 85.8 Å². The SMILES string of the molecule is CC(C)(C)[Si](C)(C)OC[C@H]1O[C@@H](n2cnc3c(N[C@@H]4c5c(cc6ccc7cccc8ccc5c6c78)[C@@H](O)[C@H](O)[C@@H]4O)ncnc32)C[C@@H]1O[Si](C)(C)C(C)(C)C. The van der Waals surface area contributed by atoms with Gasteiger partial charge in [-0.1, -0.05) is 84.0 Å². The van der Waals surface area contributed by atoms with Crippen LogP contribution >= 0.6 is 0 Å².